The van der Waals surface area contributed by atoms with E-state index in [0.717, 1.165) is 45.6 Å². The second kappa shape index (κ2) is 5.66. The standard InChI is InChI=1S/C15H21N3O2S/c19-15(18-3-1-4-18)7-12-6-11-8-17(9-13(11)20-12)10-14-16-2-5-21-14/h2,5,11-13H,1,3-4,6-10H2/t11-,12-,13+/m0/s1. The summed E-state index contributed by atoms with van der Waals surface area (Å²) in [6.07, 6.45) is 5.12. The van der Waals surface area contributed by atoms with Gasteiger partial charge in [-0.3, -0.25) is 9.69 Å². The van der Waals surface area contributed by atoms with Crippen LogP contribution in [0.25, 0.3) is 0 Å². The van der Waals surface area contributed by atoms with Gasteiger partial charge in [0, 0.05) is 43.7 Å². The lowest BCUT2D eigenvalue weighted by Gasteiger charge is -2.31. The number of amides is 1. The second-order valence-corrected chi connectivity index (χ2v) is 7.33. The molecule has 0 aromatic carbocycles. The van der Waals surface area contributed by atoms with E-state index in [2.05, 4.69) is 9.88 Å². The molecule has 6 heteroatoms. The number of fused-ring (bicyclic) bond motifs is 1. The number of nitrogens with zero attached hydrogens (tertiary/aromatic N) is 3. The molecule has 21 heavy (non-hydrogen) atoms. The quantitative estimate of drug-likeness (QED) is 0.842. The third kappa shape index (κ3) is 2.84. The molecule has 3 aliphatic heterocycles. The smallest absolute Gasteiger partial charge is 0.225 e. The molecule has 0 spiro atoms. The molecule has 0 radical (unpaired) electrons. The van der Waals surface area contributed by atoms with Crippen molar-refractivity contribution in [2.24, 2.45) is 5.92 Å². The number of carbonyl (C=O) groups is 1. The first-order chi connectivity index (χ1) is 10.3. The van der Waals surface area contributed by atoms with Crippen molar-refractivity contribution in [3.05, 3.63) is 16.6 Å². The van der Waals surface area contributed by atoms with E-state index >= 15 is 0 Å². The molecule has 0 N–H and O–H groups in total. The Kier molecular flexibility index (Phi) is 3.69. The molecule has 1 aromatic rings. The fourth-order valence-corrected chi connectivity index (χ4v) is 4.28. The monoisotopic (exact) mass is 307 g/mol. The third-order valence-electron chi connectivity index (χ3n) is 4.84. The maximum absolute atomic E-state index is 12.0. The molecule has 1 aromatic heterocycles. The SMILES string of the molecule is O=C(C[C@@H]1C[C@H]2CN(Cc3nccs3)C[C@H]2O1)N1CCC1. The summed E-state index contributed by atoms with van der Waals surface area (Å²) in [5.74, 6) is 0.880. The Labute approximate surface area is 128 Å². The van der Waals surface area contributed by atoms with Crippen LogP contribution in [0.5, 0.6) is 0 Å². The topological polar surface area (TPSA) is 45.7 Å². The molecule has 0 unspecified atom stereocenters. The number of thiazole rings is 1. The number of hydrogen-bond donors (Lipinski definition) is 0. The number of aromatic nitrogens is 1. The average Bonchev–Trinajstić information content (AvgIpc) is 3.03. The van der Waals surface area contributed by atoms with Crippen LogP contribution < -0.4 is 0 Å². The lowest BCUT2D eigenvalue weighted by molar-refractivity contribution is -0.137. The summed E-state index contributed by atoms with van der Waals surface area (Å²) in [7, 11) is 0. The van der Waals surface area contributed by atoms with Crippen molar-refractivity contribution in [2.75, 3.05) is 26.2 Å². The Hall–Kier alpha value is -0.980. The van der Waals surface area contributed by atoms with E-state index in [9.17, 15) is 4.79 Å². The van der Waals surface area contributed by atoms with Gasteiger partial charge in [-0.2, -0.15) is 0 Å². The third-order valence-corrected chi connectivity index (χ3v) is 5.61. The first-order valence-corrected chi connectivity index (χ1v) is 8.70. The van der Waals surface area contributed by atoms with Gasteiger partial charge >= 0.3 is 0 Å². The number of hydrogen-bond acceptors (Lipinski definition) is 5. The molecule has 3 saturated heterocycles. The van der Waals surface area contributed by atoms with Gasteiger partial charge in [-0.1, -0.05) is 0 Å². The van der Waals surface area contributed by atoms with E-state index in [1.165, 1.54) is 5.01 Å². The largest absolute Gasteiger partial charge is 0.373 e. The molecule has 3 fully saturated rings. The minimum atomic E-state index is 0.148. The normalized spacial score (nSPS) is 32.2. The van der Waals surface area contributed by atoms with Crippen LogP contribution in [0.15, 0.2) is 11.6 Å². The van der Waals surface area contributed by atoms with Crippen molar-refractivity contribution >= 4 is 17.2 Å². The van der Waals surface area contributed by atoms with Crippen molar-refractivity contribution in [2.45, 2.75) is 38.0 Å². The van der Waals surface area contributed by atoms with Crippen LogP contribution in [0, 0.1) is 5.92 Å². The van der Waals surface area contributed by atoms with Gasteiger partial charge in [0.15, 0.2) is 0 Å². The van der Waals surface area contributed by atoms with Crippen LogP contribution in [0.3, 0.4) is 0 Å². The summed E-state index contributed by atoms with van der Waals surface area (Å²) in [6.45, 7) is 4.89. The van der Waals surface area contributed by atoms with Crippen LogP contribution in [0.4, 0.5) is 0 Å². The van der Waals surface area contributed by atoms with Crippen molar-refractivity contribution in [3.8, 4) is 0 Å². The summed E-state index contributed by atoms with van der Waals surface area (Å²) in [5.41, 5.74) is 0. The highest BCUT2D eigenvalue weighted by atomic mass is 32.1. The zero-order chi connectivity index (χ0) is 14.2. The number of likely N-dealkylation sites (tertiary alicyclic amines) is 2. The molecule has 4 heterocycles. The molecule has 0 aliphatic carbocycles. The molecular formula is C15H21N3O2S. The average molecular weight is 307 g/mol. The summed E-state index contributed by atoms with van der Waals surface area (Å²) in [5, 5.41) is 3.21. The fourth-order valence-electron chi connectivity index (χ4n) is 3.62. The summed E-state index contributed by atoms with van der Waals surface area (Å²) >= 11 is 1.72. The molecule has 3 aliphatic rings. The van der Waals surface area contributed by atoms with Gasteiger partial charge in [0.2, 0.25) is 5.91 Å². The molecule has 4 rings (SSSR count). The second-order valence-electron chi connectivity index (χ2n) is 6.35. The van der Waals surface area contributed by atoms with Crippen LogP contribution in [-0.4, -0.2) is 59.1 Å². The number of carbonyl (C=O) groups excluding carboxylic acids is 1. The highest BCUT2D eigenvalue weighted by Gasteiger charge is 2.42. The van der Waals surface area contributed by atoms with E-state index in [1.54, 1.807) is 11.3 Å². The van der Waals surface area contributed by atoms with Gasteiger partial charge in [0.05, 0.1) is 25.2 Å². The van der Waals surface area contributed by atoms with Crippen LogP contribution in [-0.2, 0) is 16.1 Å². The Morgan fingerprint density at radius 3 is 3.00 bits per heavy atom. The Morgan fingerprint density at radius 2 is 2.33 bits per heavy atom. The zero-order valence-corrected chi connectivity index (χ0v) is 12.9. The minimum Gasteiger partial charge on any atom is -0.373 e. The first-order valence-electron chi connectivity index (χ1n) is 7.82. The first kappa shape index (κ1) is 13.7. The maximum atomic E-state index is 12.0. The fraction of sp³-hybridized carbons (Fsp3) is 0.733. The van der Waals surface area contributed by atoms with Crippen molar-refractivity contribution in [3.63, 3.8) is 0 Å². The lowest BCUT2D eigenvalue weighted by atomic mass is 10.0. The minimum absolute atomic E-state index is 0.148. The van der Waals surface area contributed by atoms with Gasteiger partial charge in [0.25, 0.3) is 0 Å². The van der Waals surface area contributed by atoms with Crippen LogP contribution >= 0.6 is 11.3 Å². The van der Waals surface area contributed by atoms with E-state index in [4.69, 9.17) is 4.74 Å². The number of ether oxygens (including phenoxy) is 1. The lowest BCUT2D eigenvalue weighted by Crippen LogP contribution is -2.43. The van der Waals surface area contributed by atoms with Gasteiger partial charge in [-0.25, -0.2) is 4.98 Å². The molecule has 5 nitrogen and oxygen atoms in total. The predicted molar refractivity (Wildman–Crippen MR) is 80.0 cm³/mol. The Bertz CT molecular complexity index is 489. The van der Waals surface area contributed by atoms with Crippen LogP contribution in [0.1, 0.15) is 24.3 Å². The van der Waals surface area contributed by atoms with Crippen molar-refractivity contribution in [1.82, 2.24) is 14.8 Å². The van der Waals surface area contributed by atoms with E-state index in [0.29, 0.717) is 18.4 Å². The summed E-state index contributed by atoms with van der Waals surface area (Å²) < 4.78 is 6.12. The van der Waals surface area contributed by atoms with Crippen LogP contribution in [0.2, 0.25) is 0 Å². The Morgan fingerprint density at radius 1 is 1.43 bits per heavy atom. The maximum Gasteiger partial charge on any atom is 0.225 e. The van der Waals surface area contributed by atoms with Crippen molar-refractivity contribution in [1.29, 1.82) is 0 Å². The molecule has 0 bridgehead atoms. The molecule has 114 valence electrons. The highest BCUT2D eigenvalue weighted by molar-refractivity contribution is 7.09. The highest BCUT2D eigenvalue weighted by Crippen LogP contribution is 2.35. The molecule has 3 atom stereocenters. The predicted octanol–water partition coefficient (Wildman–Crippen LogP) is 1.35. The van der Waals surface area contributed by atoms with Gasteiger partial charge < -0.3 is 9.64 Å². The van der Waals surface area contributed by atoms with E-state index in [-0.39, 0.29) is 12.0 Å². The number of rotatable bonds is 4. The zero-order valence-electron chi connectivity index (χ0n) is 12.1. The molecular weight excluding hydrogens is 286 g/mol. The van der Waals surface area contributed by atoms with Gasteiger partial charge in [-0.15, -0.1) is 11.3 Å². The van der Waals surface area contributed by atoms with Gasteiger partial charge in [0.1, 0.15) is 5.01 Å². The Balaban J connectivity index is 1.26. The van der Waals surface area contributed by atoms with E-state index in [1.807, 2.05) is 16.5 Å². The molecule has 1 amide bonds. The molecule has 0 saturated carbocycles. The van der Waals surface area contributed by atoms with Gasteiger partial charge in [-0.05, 0) is 12.8 Å². The van der Waals surface area contributed by atoms with E-state index < -0.39 is 0 Å². The summed E-state index contributed by atoms with van der Waals surface area (Å²) in [4.78, 5) is 20.7. The summed E-state index contributed by atoms with van der Waals surface area (Å²) in [6, 6.07) is 0. The van der Waals surface area contributed by atoms with Crippen molar-refractivity contribution < 1.29 is 9.53 Å².